The molecule has 0 spiro atoms. The van der Waals surface area contributed by atoms with E-state index in [0.717, 1.165) is 26.9 Å². The zero-order valence-electron chi connectivity index (χ0n) is 14.1. The second-order valence-electron chi connectivity index (χ2n) is 6.47. The summed E-state index contributed by atoms with van der Waals surface area (Å²) in [5.74, 6) is -1.04. The van der Waals surface area contributed by atoms with Crippen molar-refractivity contribution in [3.8, 4) is 0 Å². The molecule has 1 N–H and O–H groups in total. The third-order valence-electron chi connectivity index (χ3n) is 3.91. The Morgan fingerprint density at radius 1 is 1.12 bits per heavy atom. The number of carboxylic acids is 1. The molecule has 0 unspecified atom stereocenters. The molecule has 132 valence electrons. The zero-order chi connectivity index (χ0) is 17.9. The Kier molecular flexibility index (Phi) is 7.70. The third kappa shape index (κ3) is 5.86. The molecule has 2 rings (SSSR count). The van der Waals surface area contributed by atoms with Crippen molar-refractivity contribution in [2.45, 2.75) is 32.9 Å². The average molecular weight is 357 g/mol. The zero-order valence-corrected chi connectivity index (χ0v) is 15.0. The normalized spacial score (nSPS) is 13.0. The number of nitrogens with zero attached hydrogens (tertiary/aromatic N) is 1. The Bertz CT molecular complexity index is 836. The van der Waals surface area contributed by atoms with Crippen LogP contribution in [0.25, 0.3) is 10.8 Å². The summed E-state index contributed by atoms with van der Waals surface area (Å²) in [4.78, 5) is 11.6. The molecule has 5 nitrogen and oxygen atoms in total. The van der Waals surface area contributed by atoms with Crippen LogP contribution in [0.2, 0.25) is 0 Å². The fraction of sp³-hybridized carbons (Fsp3) is 0.389. The van der Waals surface area contributed by atoms with Crippen LogP contribution in [0.5, 0.6) is 0 Å². The molecule has 0 radical (unpaired) electrons. The van der Waals surface area contributed by atoms with E-state index >= 15 is 0 Å². The summed E-state index contributed by atoms with van der Waals surface area (Å²) >= 11 is 0. The number of benzene rings is 2. The molecule has 0 aromatic heterocycles. The number of sulfonamides is 1. The van der Waals surface area contributed by atoms with Gasteiger partial charge in [-0.2, -0.15) is 4.31 Å². The van der Waals surface area contributed by atoms with Crippen molar-refractivity contribution >= 4 is 45.6 Å². The van der Waals surface area contributed by atoms with Crippen LogP contribution in [-0.4, -0.2) is 55.0 Å². The maximum absolute atomic E-state index is 12.2. The molecule has 0 heterocycles. The summed E-state index contributed by atoms with van der Waals surface area (Å²) < 4.78 is 25.5. The van der Waals surface area contributed by atoms with Gasteiger partial charge in [-0.25, -0.2) is 8.42 Å². The molecule has 25 heavy (non-hydrogen) atoms. The van der Waals surface area contributed by atoms with Gasteiger partial charge in [0.15, 0.2) is 0 Å². The summed E-state index contributed by atoms with van der Waals surface area (Å²) in [7, 11) is -3.65. The number of rotatable bonds is 7. The van der Waals surface area contributed by atoms with Gasteiger partial charge in [0, 0.05) is 6.54 Å². The molecule has 1 atom stereocenters. The van der Waals surface area contributed by atoms with Gasteiger partial charge < -0.3 is 5.11 Å². The Morgan fingerprint density at radius 2 is 1.72 bits per heavy atom. The Labute approximate surface area is 161 Å². The first-order chi connectivity index (χ1) is 11.2. The van der Waals surface area contributed by atoms with Gasteiger partial charge >= 0.3 is 24.8 Å². The summed E-state index contributed by atoms with van der Waals surface area (Å²) in [5, 5.41) is 11.6. The number of carboxylic acid groups (broad SMARTS) is 1. The van der Waals surface area contributed by atoms with E-state index in [1.165, 1.54) is 0 Å². The fourth-order valence-electron chi connectivity index (χ4n) is 2.76. The van der Waals surface area contributed by atoms with Gasteiger partial charge in [0.25, 0.3) is 0 Å². The minimum absolute atomic E-state index is 0. The summed E-state index contributed by atoms with van der Waals surface area (Å²) in [6.07, 6.45) is 1.33. The molecular formula is C18H24LiNO4S. The molecule has 0 amide bonds. The van der Waals surface area contributed by atoms with Crippen molar-refractivity contribution in [2.24, 2.45) is 5.92 Å². The van der Waals surface area contributed by atoms with E-state index in [-0.39, 0.29) is 37.7 Å². The number of hydrogen-bond donors (Lipinski definition) is 1. The van der Waals surface area contributed by atoms with Gasteiger partial charge in [-0.3, -0.25) is 4.79 Å². The first kappa shape index (κ1) is 21.7. The standard InChI is InChI=1S/C18H23NO4S.Li.H/c1-13(2)10-17(18(20)21)19(24(3,22)23)12-14-8-9-15-6-4-5-7-16(15)11-14;;/h4-9,11,13,17H,10,12H2,1-3H3,(H,20,21);;/t17-;;/m0../s1. The van der Waals surface area contributed by atoms with Crippen LogP contribution in [0, 0.1) is 5.92 Å². The maximum atomic E-state index is 12.2. The first-order valence-corrected chi connectivity index (χ1v) is 9.70. The van der Waals surface area contributed by atoms with Gasteiger partial charge in [0.2, 0.25) is 10.0 Å². The van der Waals surface area contributed by atoms with Gasteiger partial charge in [-0.1, -0.05) is 50.2 Å². The predicted octanol–water partition coefficient (Wildman–Crippen LogP) is 2.45. The van der Waals surface area contributed by atoms with E-state index in [0.29, 0.717) is 0 Å². The quantitative estimate of drug-likeness (QED) is 0.773. The topological polar surface area (TPSA) is 74.7 Å². The average Bonchev–Trinajstić information content (AvgIpc) is 2.49. The van der Waals surface area contributed by atoms with Gasteiger partial charge in [-0.05, 0) is 34.7 Å². The Morgan fingerprint density at radius 3 is 2.24 bits per heavy atom. The van der Waals surface area contributed by atoms with Crippen molar-refractivity contribution in [3.63, 3.8) is 0 Å². The number of hydrogen-bond acceptors (Lipinski definition) is 3. The van der Waals surface area contributed by atoms with E-state index in [1.807, 2.05) is 56.3 Å². The van der Waals surface area contributed by atoms with Crippen LogP contribution in [-0.2, 0) is 21.4 Å². The SMILES string of the molecule is CC(C)C[C@@H](C(=O)O)N(Cc1ccc2ccccc2c1)S(C)(=O)=O.[LiH]. The van der Waals surface area contributed by atoms with E-state index < -0.39 is 22.0 Å². The molecule has 7 heteroatoms. The number of aliphatic carboxylic acids is 1. The van der Waals surface area contributed by atoms with Crippen molar-refractivity contribution in [1.29, 1.82) is 0 Å². The molecule has 0 saturated heterocycles. The van der Waals surface area contributed by atoms with Gasteiger partial charge in [0.05, 0.1) is 6.26 Å². The van der Waals surface area contributed by atoms with Crippen molar-refractivity contribution < 1.29 is 18.3 Å². The van der Waals surface area contributed by atoms with Crippen LogP contribution in [0.15, 0.2) is 42.5 Å². The molecule has 0 aliphatic carbocycles. The van der Waals surface area contributed by atoms with E-state index in [1.54, 1.807) is 0 Å². The second-order valence-corrected chi connectivity index (χ2v) is 8.41. The molecule has 0 bridgehead atoms. The Hall–Kier alpha value is -1.32. The van der Waals surface area contributed by atoms with Crippen LogP contribution >= 0.6 is 0 Å². The van der Waals surface area contributed by atoms with Crippen LogP contribution < -0.4 is 0 Å². The van der Waals surface area contributed by atoms with Gasteiger partial charge in [-0.15, -0.1) is 0 Å². The van der Waals surface area contributed by atoms with E-state index in [4.69, 9.17) is 0 Å². The van der Waals surface area contributed by atoms with Gasteiger partial charge in [0.1, 0.15) is 6.04 Å². The van der Waals surface area contributed by atoms with Crippen molar-refractivity contribution in [2.75, 3.05) is 6.26 Å². The molecule has 0 saturated carbocycles. The van der Waals surface area contributed by atoms with Crippen LogP contribution in [0.4, 0.5) is 0 Å². The fourth-order valence-corrected chi connectivity index (χ4v) is 3.79. The predicted molar refractivity (Wildman–Crippen MR) is 102 cm³/mol. The minimum atomic E-state index is -3.65. The molecule has 0 aliphatic rings. The monoisotopic (exact) mass is 357 g/mol. The summed E-state index contributed by atoms with van der Waals surface area (Å²) in [6, 6.07) is 12.4. The van der Waals surface area contributed by atoms with E-state index in [9.17, 15) is 18.3 Å². The molecule has 2 aromatic carbocycles. The third-order valence-corrected chi connectivity index (χ3v) is 5.14. The second kappa shape index (κ2) is 8.86. The molecule has 2 aromatic rings. The first-order valence-electron chi connectivity index (χ1n) is 7.86. The molecular weight excluding hydrogens is 333 g/mol. The van der Waals surface area contributed by atoms with Crippen LogP contribution in [0.1, 0.15) is 25.8 Å². The van der Waals surface area contributed by atoms with Crippen LogP contribution in [0.3, 0.4) is 0 Å². The van der Waals surface area contributed by atoms with Crippen molar-refractivity contribution in [1.82, 2.24) is 4.31 Å². The number of fused-ring (bicyclic) bond motifs is 1. The van der Waals surface area contributed by atoms with Crippen molar-refractivity contribution in [3.05, 3.63) is 48.0 Å². The summed E-state index contributed by atoms with van der Waals surface area (Å²) in [6.45, 7) is 3.81. The summed E-state index contributed by atoms with van der Waals surface area (Å²) in [5.41, 5.74) is 0.772. The molecule has 0 aliphatic heterocycles. The molecule has 0 fully saturated rings. The van der Waals surface area contributed by atoms with E-state index in [2.05, 4.69) is 0 Å². The number of carbonyl (C=O) groups is 1. The Balaban J connectivity index is 0.00000312.